The maximum absolute atomic E-state index is 12.5. The maximum atomic E-state index is 12.5. The molecule has 0 fully saturated rings. The highest BCUT2D eigenvalue weighted by atomic mass is 16.2. The number of aryl methyl sites for hydroxylation is 1. The number of para-hydroxylation sites is 1. The molecule has 1 aromatic carbocycles. The number of aromatic amines is 1. The summed E-state index contributed by atoms with van der Waals surface area (Å²) in [5.41, 5.74) is 2.00. The molecule has 0 bridgehead atoms. The van der Waals surface area contributed by atoms with Crippen LogP contribution in [0.4, 0.5) is 5.69 Å². The van der Waals surface area contributed by atoms with Crippen LogP contribution in [0.1, 0.15) is 17.7 Å². The fraction of sp³-hybridized carbons (Fsp3) is 0.211. The molecule has 0 aliphatic rings. The Morgan fingerprint density at radius 1 is 1.28 bits per heavy atom. The zero-order valence-corrected chi connectivity index (χ0v) is 14.2. The molecule has 0 saturated carbocycles. The first-order valence-corrected chi connectivity index (χ1v) is 8.06. The summed E-state index contributed by atoms with van der Waals surface area (Å²) in [4.78, 5) is 32.0. The van der Waals surface area contributed by atoms with Crippen molar-refractivity contribution in [2.24, 2.45) is 12.0 Å². The molecule has 0 aliphatic carbocycles. The van der Waals surface area contributed by atoms with E-state index in [0.717, 1.165) is 11.9 Å². The fourth-order valence-electron chi connectivity index (χ4n) is 3.11. The second-order valence-corrected chi connectivity index (χ2v) is 5.86. The molecule has 2 heterocycles. The highest BCUT2D eigenvalue weighted by molar-refractivity contribution is 5.83. The number of fused-ring (bicyclic) bond motifs is 1. The first-order chi connectivity index (χ1) is 12.1. The minimum absolute atomic E-state index is 0.157. The summed E-state index contributed by atoms with van der Waals surface area (Å²) in [5.74, 6) is 0. The van der Waals surface area contributed by atoms with Gasteiger partial charge in [-0.25, -0.2) is 4.79 Å². The van der Waals surface area contributed by atoms with Crippen LogP contribution >= 0.6 is 0 Å². The Morgan fingerprint density at radius 2 is 2.04 bits per heavy atom. The monoisotopic (exact) mass is 336 g/mol. The summed E-state index contributed by atoms with van der Waals surface area (Å²) < 4.78 is 2.59. The number of H-pyrrole nitrogens is 1. The van der Waals surface area contributed by atoms with Gasteiger partial charge in [-0.15, -0.1) is 0 Å². The van der Waals surface area contributed by atoms with Gasteiger partial charge in [0.2, 0.25) is 0 Å². The molecule has 0 amide bonds. The second kappa shape index (κ2) is 6.76. The van der Waals surface area contributed by atoms with Crippen LogP contribution in [0.2, 0.25) is 0 Å². The van der Waals surface area contributed by atoms with Gasteiger partial charge in [0.05, 0.1) is 5.69 Å². The van der Waals surface area contributed by atoms with Crippen molar-refractivity contribution >= 4 is 29.4 Å². The summed E-state index contributed by atoms with van der Waals surface area (Å²) in [5, 5.41) is 1.17. The van der Waals surface area contributed by atoms with E-state index in [-0.39, 0.29) is 11.4 Å². The van der Waals surface area contributed by atoms with Crippen molar-refractivity contribution in [3.8, 4) is 0 Å². The number of hydrogen-bond acceptors (Lipinski definition) is 3. The lowest BCUT2D eigenvalue weighted by Crippen LogP contribution is -2.40. The van der Waals surface area contributed by atoms with Gasteiger partial charge >= 0.3 is 5.69 Å². The lowest BCUT2D eigenvalue weighted by atomic mass is 10.1. The van der Waals surface area contributed by atoms with E-state index in [0.29, 0.717) is 18.7 Å². The van der Waals surface area contributed by atoms with Crippen LogP contribution in [-0.2, 0) is 20.0 Å². The molecular weight excluding hydrogens is 316 g/mol. The molecule has 2 aromatic heterocycles. The highest BCUT2D eigenvalue weighted by Crippen LogP contribution is 2.19. The van der Waals surface area contributed by atoms with Crippen molar-refractivity contribution in [2.75, 3.05) is 0 Å². The Kier molecular flexibility index (Phi) is 4.52. The molecule has 3 rings (SSSR count). The van der Waals surface area contributed by atoms with Gasteiger partial charge < -0.3 is 4.98 Å². The third-order valence-corrected chi connectivity index (χ3v) is 4.42. The first-order valence-electron chi connectivity index (χ1n) is 8.06. The topological polar surface area (TPSA) is 72.2 Å². The summed E-state index contributed by atoms with van der Waals surface area (Å²) in [6, 6.07) is 8.06. The number of nitrogens with zero attached hydrogens (tertiary/aromatic N) is 3. The lowest BCUT2D eigenvalue weighted by Gasteiger charge is -2.12. The zero-order chi connectivity index (χ0) is 18.0. The predicted molar refractivity (Wildman–Crippen MR) is 102 cm³/mol. The number of nitrogens with one attached hydrogen (secondary N) is 1. The summed E-state index contributed by atoms with van der Waals surface area (Å²) in [7, 11) is 1.60. The lowest BCUT2D eigenvalue weighted by molar-refractivity contribution is 0.563. The van der Waals surface area contributed by atoms with E-state index < -0.39 is 5.56 Å². The number of rotatable bonds is 6. The van der Waals surface area contributed by atoms with E-state index in [4.69, 9.17) is 0 Å². The summed E-state index contributed by atoms with van der Waals surface area (Å²) in [6.07, 6.45) is 4.85. The van der Waals surface area contributed by atoms with Gasteiger partial charge in [0, 0.05) is 30.7 Å². The standard InChI is InChI=1S/C19H20N4O2/c1-4-16-17(20-2)18(24)23(19(25)22(16)3)11-7-8-13-12-21-15-10-6-5-9-14(13)15/h4-6,9-10,12,21H,1-2,7-8,11H2,3H3. The van der Waals surface area contributed by atoms with Crippen molar-refractivity contribution in [1.82, 2.24) is 14.1 Å². The molecule has 0 radical (unpaired) electrons. The van der Waals surface area contributed by atoms with Gasteiger partial charge in [0.15, 0.2) is 5.69 Å². The number of aliphatic imine (C=N–C) groups is 1. The largest absolute Gasteiger partial charge is 0.361 e. The van der Waals surface area contributed by atoms with E-state index >= 15 is 0 Å². The quantitative estimate of drug-likeness (QED) is 0.703. The molecule has 1 N–H and O–H groups in total. The molecule has 0 aliphatic heterocycles. The molecule has 0 unspecified atom stereocenters. The SMILES string of the molecule is C=Cc1c(N=C)c(=O)n(CCCc2c[nH]c3ccccc23)c(=O)n1C. The fourth-order valence-corrected chi connectivity index (χ4v) is 3.11. The van der Waals surface area contributed by atoms with E-state index in [2.05, 4.69) is 29.3 Å². The molecule has 0 saturated heterocycles. The van der Waals surface area contributed by atoms with Crippen LogP contribution in [0.15, 0.2) is 51.6 Å². The van der Waals surface area contributed by atoms with E-state index in [1.165, 1.54) is 26.2 Å². The van der Waals surface area contributed by atoms with E-state index in [1.807, 2.05) is 24.4 Å². The average Bonchev–Trinajstić information content (AvgIpc) is 3.04. The van der Waals surface area contributed by atoms with Crippen molar-refractivity contribution < 1.29 is 0 Å². The number of aromatic nitrogens is 3. The number of hydrogen-bond donors (Lipinski definition) is 1. The van der Waals surface area contributed by atoms with Crippen LogP contribution in [0.25, 0.3) is 17.0 Å². The van der Waals surface area contributed by atoms with Gasteiger partial charge in [-0.2, -0.15) is 0 Å². The average molecular weight is 336 g/mol. The van der Waals surface area contributed by atoms with Gasteiger partial charge in [0.25, 0.3) is 5.56 Å². The zero-order valence-electron chi connectivity index (χ0n) is 14.2. The third-order valence-electron chi connectivity index (χ3n) is 4.42. The Morgan fingerprint density at radius 3 is 2.76 bits per heavy atom. The second-order valence-electron chi connectivity index (χ2n) is 5.86. The summed E-state index contributed by atoms with van der Waals surface area (Å²) >= 11 is 0. The van der Waals surface area contributed by atoms with Crippen LogP contribution in [0.3, 0.4) is 0 Å². The summed E-state index contributed by atoms with van der Waals surface area (Å²) in [6.45, 7) is 7.40. The molecule has 25 heavy (non-hydrogen) atoms. The third kappa shape index (κ3) is 2.87. The molecule has 6 heteroatoms. The van der Waals surface area contributed by atoms with Crippen molar-refractivity contribution in [3.05, 3.63) is 69.1 Å². The first kappa shape index (κ1) is 16.7. The van der Waals surface area contributed by atoms with Crippen LogP contribution in [0, 0.1) is 0 Å². The van der Waals surface area contributed by atoms with Crippen molar-refractivity contribution in [1.29, 1.82) is 0 Å². The Hall–Kier alpha value is -3.15. The van der Waals surface area contributed by atoms with Crippen molar-refractivity contribution in [2.45, 2.75) is 19.4 Å². The Bertz CT molecular complexity index is 1070. The molecule has 128 valence electrons. The molecule has 0 atom stereocenters. The normalized spacial score (nSPS) is 10.9. The van der Waals surface area contributed by atoms with Crippen LogP contribution < -0.4 is 11.2 Å². The van der Waals surface area contributed by atoms with Crippen LogP contribution in [-0.4, -0.2) is 20.8 Å². The van der Waals surface area contributed by atoms with Crippen LogP contribution in [0.5, 0.6) is 0 Å². The Labute approximate surface area is 144 Å². The smallest absolute Gasteiger partial charge is 0.331 e. The number of benzene rings is 1. The Balaban J connectivity index is 1.88. The molecule has 6 nitrogen and oxygen atoms in total. The molecular formula is C19H20N4O2. The van der Waals surface area contributed by atoms with Crippen molar-refractivity contribution in [3.63, 3.8) is 0 Å². The maximum Gasteiger partial charge on any atom is 0.331 e. The van der Waals surface area contributed by atoms with E-state index in [9.17, 15) is 9.59 Å². The minimum Gasteiger partial charge on any atom is -0.361 e. The van der Waals surface area contributed by atoms with Gasteiger partial charge in [-0.1, -0.05) is 24.8 Å². The highest BCUT2D eigenvalue weighted by Gasteiger charge is 2.14. The van der Waals surface area contributed by atoms with Gasteiger partial charge in [0.1, 0.15) is 0 Å². The molecule has 0 spiro atoms. The van der Waals surface area contributed by atoms with E-state index in [1.54, 1.807) is 7.05 Å². The molecule has 3 aromatic rings. The van der Waals surface area contributed by atoms with Gasteiger partial charge in [-0.05, 0) is 37.3 Å². The van der Waals surface area contributed by atoms with Gasteiger partial charge in [-0.3, -0.25) is 18.9 Å². The predicted octanol–water partition coefficient (Wildman–Crippen LogP) is 2.64. The minimum atomic E-state index is -0.424.